The van der Waals surface area contributed by atoms with E-state index >= 15 is 0 Å². The molecule has 1 aliphatic heterocycles. The van der Waals surface area contributed by atoms with Crippen LogP contribution < -0.4 is 0 Å². The van der Waals surface area contributed by atoms with Gasteiger partial charge in [0.1, 0.15) is 0 Å². The van der Waals surface area contributed by atoms with Crippen molar-refractivity contribution in [1.82, 2.24) is 4.90 Å². The first kappa shape index (κ1) is 14.8. The van der Waals surface area contributed by atoms with Crippen LogP contribution in [0.3, 0.4) is 0 Å². The Labute approximate surface area is 114 Å². The summed E-state index contributed by atoms with van der Waals surface area (Å²) in [6.45, 7) is 3.60. The molecule has 2 aliphatic rings. The minimum absolute atomic E-state index is 0.156. The maximum atomic E-state index is 11.7. The van der Waals surface area contributed by atoms with E-state index in [1.807, 2.05) is 11.8 Å². The molecule has 0 bridgehead atoms. The number of likely N-dealkylation sites (tertiary alicyclic amines) is 1. The number of hydrogen-bond donors (Lipinski definition) is 1. The molecule has 1 saturated carbocycles. The highest BCUT2D eigenvalue weighted by atomic mass is 32.2. The number of aliphatic carboxylic acids is 1. The minimum Gasteiger partial charge on any atom is -0.481 e. The summed E-state index contributed by atoms with van der Waals surface area (Å²) in [5.41, 5.74) is -0.603. The third kappa shape index (κ3) is 2.94. The van der Waals surface area contributed by atoms with E-state index in [1.165, 1.54) is 0 Å². The molecule has 2 atom stereocenters. The number of carboxylic acids is 1. The van der Waals surface area contributed by atoms with Crippen molar-refractivity contribution in [2.24, 2.45) is 11.3 Å². The van der Waals surface area contributed by atoms with Gasteiger partial charge in [0.05, 0.1) is 11.2 Å². The molecule has 0 spiro atoms. The van der Waals surface area contributed by atoms with Gasteiger partial charge >= 0.3 is 5.97 Å². The Kier molecular flexibility index (Phi) is 4.20. The largest absolute Gasteiger partial charge is 0.481 e. The van der Waals surface area contributed by atoms with Gasteiger partial charge in [0.25, 0.3) is 0 Å². The second kappa shape index (κ2) is 5.40. The number of carboxylic acid groups (broad SMARTS) is 1. The number of nitrogens with zero attached hydrogens (tertiary/aromatic N) is 1. The van der Waals surface area contributed by atoms with E-state index in [0.717, 1.165) is 25.8 Å². The van der Waals surface area contributed by atoms with Crippen molar-refractivity contribution in [3.8, 4) is 0 Å². The molecule has 2 fully saturated rings. The molecular weight excluding hydrogens is 266 g/mol. The van der Waals surface area contributed by atoms with Crippen LogP contribution in [-0.2, 0) is 14.6 Å². The third-order valence-electron chi connectivity index (χ3n) is 4.60. The van der Waals surface area contributed by atoms with E-state index in [1.54, 1.807) is 0 Å². The predicted octanol–water partition coefficient (Wildman–Crippen LogP) is 0.998. The van der Waals surface area contributed by atoms with Crippen LogP contribution in [0.25, 0.3) is 0 Å². The molecule has 0 radical (unpaired) electrons. The third-order valence-corrected chi connectivity index (χ3v) is 6.44. The Hall–Kier alpha value is -0.620. The Morgan fingerprint density at radius 1 is 1.42 bits per heavy atom. The molecule has 0 unspecified atom stereocenters. The van der Waals surface area contributed by atoms with Crippen molar-refractivity contribution < 1.29 is 18.3 Å². The Morgan fingerprint density at radius 2 is 2.16 bits per heavy atom. The highest BCUT2D eigenvalue weighted by molar-refractivity contribution is 7.91. The number of hydrogen-bond acceptors (Lipinski definition) is 4. The van der Waals surface area contributed by atoms with Crippen LogP contribution in [0.5, 0.6) is 0 Å². The summed E-state index contributed by atoms with van der Waals surface area (Å²) in [4.78, 5) is 13.5. The Morgan fingerprint density at radius 3 is 2.74 bits per heavy atom. The van der Waals surface area contributed by atoms with Crippen LogP contribution in [0.1, 0.15) is 32.6 Å². The smallest absolute Gasteiger partial charge is 0.311 e. The zero-order valence-electron chi connectivity index (χ0n) is 11.5. The van der Waals surface area contributed by atoms with Gasteiger partial charge in [-0.05, 0) is 25.2 Å². The number of fused-ring (bicyclic) bond motifs is 1. The second-order valence-corrected chi connectivity index (χ2v) is 8.24. The zero-order chi connectivity index (χ0) is 14.1. The normalized spacial score (nSPS) is 31.5. The van der Waals surface area contributed by atoms with Crippen LogP contribution >= 0.6 is 0 Å². The van der Waals surface area contributed by atoms with E-state index in [9.17, 15) is 18.3 Å². The Bertz CT molecular complexity index is 448. The second-order valence-electron chi connectivity index (χ2n) is 5.94. The average Bonchev–Trinajstić information content (AvgIpc) is 2.83. The van der Waals surface area contributed by atoms with Crippen LogP contribution in [0.15, 0.2) is 0 Å². The Balaban J connectivity index is 1.94. The molecule has 5 nitrogen and oxygen atoms in total. The molecule has 6 heteroatoms. The summed E-state index contributed by atoms with van der Waals surface area (Å²) in [6.07, 6.45) is 3.33. The summed E-state index contributed by atoms with van der Waals surface area (Å²) >= 11 is 0. The lowest BCUT2D eigenvalue weighted by Gasteiger charge is -2.23. The van der Waals surface area contributed by atoms with Gasteiger partial charge in [-0.15, -0.1) is 0 Å². The van der Waals surface area contributed by atoms with E-state index in [4.69, 9.17) is 0 Å². The lowest BCUT2D eigenvalue weighted by atomic mass is 9.81. The molecule has 0 amide bonds. The fourth-order valence-electron chi connectivity index (χ4n) is 3.59. The van der Waals surface area contributed by atoms with E-state index in [0.29, 0.717) is 19.5 Å². The molecule has 0 aromatic carbocycles. The quantitative estimate of drug-likeness (QED) is 0.789. The fourth-order valence-corrected chi connectivity index (χ4v) is 4.96. The molecule has 2 rings (SSSR count). The van der Waals surface area contributed by atoms with Crippen molar-refractivity contribution in [3.05, 3.63) is 0 Å². The number of rotatable bonds is 6. The summed E-state index contributed by atoms with van der Waals surface area (Å²) in [7, 11) is -2.97. The van der Waals surface area contributed by atoms with Gasteiger partial charge in [-0.3, -0.25) is 4.79 Å². The highest BCUT2D eigenvalue weighted by Gasteiger charge is 2.54. The van der Waals surface area contributed by atoms with Crippen molar-refractivity contribution in [2.75, 3.05) is 31.1 Å². The maximum absolute atomic E-state index is 11.7. The molecule has 0 aromatic heterocycles. The molecular formula is C13H23NO4S. The topological polar surface area (TPSA) is 74.7 Å². The van der Waals surface area contributed by atoms with Crippen LogP contribution in [0.2, 0.25) is 0 Å². The first-order valence-corrected chi connectivity index (χ1v) is 8.88. The predicted molar refractivity (Wildman–Crippen MR) is 72.8 cm³/mol. The van der Waals surface area contributed by atoms with Gasteiger partial charge in [0, 0.05) is 25.4 Å². The van der Waals surface area contributed by atoms with Crippen molar-refractivity contribution >= 4 is 15.8 Å². The summed E-state index contributed by atoms with van der Waals surface area (Å²) in [5.74, 6) is -0.106. The first-order valence-electron chi connectivity index (χ1n) is 7.06. The number of carbonyl (C=O) groups is 1. The minimum atomic E-state index is -2.97. The van der Waals surface area contributed by atoms with E-state index in [-0.39, 0.29) is 17.4 Å². The van der Waals surface area contributed by atoms with Gasteiger partial charge in [-0.25, -0.2) is 8.42 Å². The molecule has 0 aromatic rings. The molecule has 1 heterocycles. The van der Waals surface area contributed by atoms with Gasteiger partial charge in [-0.2, -0.15) is 0 Å². The standard InChI is InChI=1S/C13H23NO4S/c1-2-7-19(17,18)8-6-14-9-11-4-3-5-13(11,10-14)12(15)16/h11H,2-10H2,1H3,(H,15,16)/t11-,13+/m0/s1. The molecule has 1 saturated heterocycles. The van der Waals surface area contributed by atoms with Gasteiger partial charge in [0.15, 0.2) is 9.84 Å². The van der Waals surface area contributed by atoms with Crippen LogP contribution in [0.4, 0.5) is 0 Å². The van der Waals surface area contributed by atoms with Gasteiger partial charge in [0.2, 0.25) is 0 Å². The van der Waals surface area contributed by atoms with Gasteiger partial charge in [-0.1, -0.05) is 13.3 Å². The zero-order valence-corrected chi connectivity index (χ0v) is 12.3. The monoisotopic (exact) mass is 289 g/mol. The van der Waals surface area contributed by atoms with E-state index < -0.39 is 21.2 Å². The van der Waals surface area contributed by atoms with Crippen molar-refractivity contribution in [2.45, 2.75) is 32.6 Å². The van der Waals surface area contributed by atoms with Gasteiger partial charge < -0.3 is 10.0 Å². The molecule has 1 N–H and O–H groups in total. The summed E-state index contributed by atoms with van der Waals surface area (Å²) in [5, 5.41) is 9.46. The summed E-state index contributed by atoms with van der Waals surface area (Å²) in [6, 6.07) is 0. The molecule has 110 valence electrons. The highest BCUT2D eigenvalue weighted by Crippen LogP contribution is 2.48. The van der Waals surface area contributed by atoms with E-state index in [2.05, 4.69) is 0 Å². The fraction of sp³-hybridized carbons (Fsp3) is 0.923. The number of sulfone groups is 1. The average molecular weight is 289 g/mol. The summed E-state index contributed by atoms with van der Waals surface area (Å²) < 4.78 is 23.4. The van der Waals surface area contributed by atoms with Crippen LogP contribution in [-0.4, -0.2) is 55.5 Å². The van der Waals surface area contributed by atoms with Crippen molar-refractivity contribution in [3.63, 3.8) is 0 Å². The first-order chi connectivity index (χ1) is 8.89. The molecule has 19 heavy (non-hydrogen) atoms. The lowest BCUT2D eigenvalue weighted by Crippen LogP contribution is -2.36. The van der Waals surface area contributed by atoms with Crippen molar-refractivity contribution in [1.29, 1.82) is 0 Å². The lowest BCUT2D eigenvalue weighted by molar-refractivity contribution is -0.149. The SMILES string of the molecule is CCCS(=O)(=O)CCN1C[C@@H]2CCC[C@@]2(C(=O)O)C1. The maximum Gasteiger partial charge on any atom is 0.311 e. The van der Waals surface area contributed by atoms with Crippen LogP contribution in [0, 0.1) is 11.3 Å². The molecule has 1 aliphatic carbocycles.